The molecule has 1 saturated carbocycles. The lowest BCUT2D eigenvalue weighted by Crippen LogP contribution is -2.14. The van der Waals surface area contributed by atoms with Gasteiger partial charge in [-0.3, -0.25) is 9.78 Å². The molecule has 7 heteroatoms. The van der Waals surface area contributed by atoms with Crippen molar-refractivity contribution in [1.82, 2.24) is 4.98 Å². The number of nitrogens with one attached hydrogen (secondary N) is 1. The number of rotatable bonds is 7. The maximum atomic E-state index is 12.3. The number of thiophene rings is 1. The number of carbonyl (C=O) groups excluding carboxylic acids is 1. The summed E-state index contributed by atoms with van der Waals surface area (Å²) >= 11 is 1.46. The Morgan fingerprint density at radius 3 is 2.61 bits per heavy atom. The number of hydrogen-bond acceptors (Lipinski definition) is 5. The van der Waals surface area contributed by atoms with Crippen LogP contribution in [0.2, 0.25) is 0 Å². The van der Waals surface area contributed by atoms with Gasteiger partial charge in [0, 0.05) is 23.3 Å². The fraction of sp³-hybridized carbons (Fsp3) is 0.238. The van der Waals surface area contributed by atoms with Crippen LogP contribution >= 0.6 is 11.3 Å². The molecule has 0 bridgehead atoms. The lowest BCUT2D eigenvalue weighted by molar-refractivity contribution is -0.115. The Hall–Kier alpha value is -2.51. The second-order valence-electron chi connectivity index (χ2n) is 7.04. The van der Waals surface area contributed by atoms with Gasteiger partial charge >= 0.3 is 0 Å². The largest absolute Gasteiger partial charge is 0.317 e. The Morgan fingerprint density at radius 2 is 1.93 bits per heavy atom. The van der Waals surface area contributed by atoms with Crippen LogP contribution in [0.25, 0.3) is 11.1 Å². The first kappa shape index (κ1) is 18.8. The number of pyridine rings is 1. The van der Waals surface area contributed by atoms with Crippen molar-refractivity contribution in [2.45, 2.75) is 24.2 Å². The van der Waals surface area contributed by atoms with Crippen LogP contribution in [0.1, 0.15) is 18.4 Å². The molecule has 1 fully saturated rings. The maximum absolute atomic E-state index is 12.3. The predicted molar refractivity (Wildman–Crippen MR) is 111 cm³/mol. The third kappa shape index (κ3) is 4.66. The van der Waals surface area contributed by atoms with Crippen LogP contribution in [0.3, 0.4) is 0 Å². The molecule has 0 saturated heterocycles. The van der Waals surface area contributed by atoms with Crippen LogP contribution in [0.4, 0.5) is 5.00 Å². The van der Waals surface area contributed by atoms with E-state index in [0.717, 1.165) is 34.5 Å². The van der Waals surface area contributed by atoms with E-state index in [1.807, 2.05) is 23.6 Å². The first-order chi connectivity index (χ1) is 13.5. The number of sulfone groups is 1. The van der Waals surface area contributed by atoms with Gasteiger partial charge in [0.05, 0.1) is 22.1 Å². The number of nitrogens with zero attached hydrogens (tertiary/aromatic N) is 1. The number of anilines is 1. The van der Waals surface area contributed by atoms with E-state index in [1.54, 1.807) is 36.7 Å². The van der Waals surface area contributed by atoms with Gasteiger partial charge in [-0.25, -0.2) is 8.42 Å². The SMILES string of the molecule is O=C(Cc1ccc(S(=O)(=O)CC2CC2)cc1)Nc1cc(-c2cccnc2)cs1. The van der Waals surface area contributed by atoms with Gasteiger partial charge < -0.3 is 5.32 Å². The highest BCUT2D eigenvalue weighted by atomic mass is 32.2. The molecule has 1 aromatic carbocycles. The molecule has 3 aromatic rings. The normalized spacial score (nSPS) is 14.0. The van der Waals surface area contributed by atoms with E-state index >= 15 is 0 Å². The van der Waals surface area contributed by atoms with Gasteiger partial charge in [0.1, 0.15) is 0 Å². The zero-order valence-corrected chi connectivity index (χ0v) is 16.8. The summed E-state index contributed by atoms with van der Waals surface area (Å²) in [6.07, 6.45) is 5.71. The molecule has 144 valence electrons. The van der Waals surface area contributed by atoms with E-state index in [4.69, 9.17) is 0 Å². The number of benzene rings is 1. The minimum Gasteiger partial charge on any atom is -0.317 e. The molecule has 1 aliphatic rings. The van der Waals surface area contributed by atoms with Gasteiger partial charge in [-0.15, -0.1) is 11.3 Å². The lowest BCUT2D eigenvalue weighted by atomic mass is 10.1. The molecule has 28 heavy (non-hydrogen) atoms. The third-order valence-electron chi connectivity index (χ3n) is 4.66. The molecule has 0 radical (unpaired) electrons. The smallest absolute Gasteiger partial charge is 0.229 e. The quantitative estimate of drug-likeness (QED) is 0.632. The Labute approximate surface area is 168 Å². The average Bonchev–Trinajstić information content (AvgIpc) is 3.36. The molecule has 1 N–H and O–H groups in total. The van der Waals surface area contributed by atoms with Crippen molar-refractivity contribution in [1.29, 1.82) is 0 Å². The molecule has 0 atom stereocenters. The number of hydrogen-bond donors (Lipinski definition) is 1. The predicted octanol–water partition coefficient (Wildman–Crippen LogP) is 4.18. The van der Waals surface area contributed by atoms with E-state index in [1.165, 1.54) is 11.3 Å². The molecular weight excluding hydrogens is 392 g/mol. The van der Waals surface area contributed by atoms with Gasteiger partial charge in [0.2, 0.25) is 5.91 Å². The van der Waals surface area contributed by atoms with E-state index < -0.39 is 9.84 Å². The lowest BCUT2D eigenvalue weighted by Gasteiger charge is -2.06. The van der Waals surface area contributed by atoms with Crippen molar-refractivity contribution in [3.05, 3.63) is 65.8 Å². The monoisotopic (exact) mass is 412 g/mol. The zero-order chi connectivity index (χ0) is 19.6. The van der Waals surface area contributed by atoms with E-state index in [0.29, 0.717) is 10.8 Å². The molecule has 0 spiro atoms. The summed E-state index contributed by atoms with van der Waals surface area (Å²) in [5.41, 5.74) is 2.80. The maximum Gasteiger partial charge on any atom is 0.229 e. The van der Waals surface area contributed by atoms with E-state index in [9.17, 15) is 13.2 Å². The van der Waals surface area contributed by atoms with Crippen molar-refractivity contribution < 1.29 is 13.2 Å². The number of aromatic nitrogens is 1. The first-order valence-electron chi connectivity index (χ1n) is 9.10. The van der Waals surface area contributed by atoms with Crippen LogP contribution < -0.4 is 5.32 Å². The third-order valence-corrected chi connectivity index (χ3v) is 7.40. The summed E-state index contributed by atoms with van der Waals surface area (Å²) in [5, 5.41) is 5.65. The van der Waals surface area contributed by atoms with E-state index in [2.05, 4.69) is 10.3 Å². The van der Waals surface area contributed by atoms with Crippen LogP contribution in [0.15, 0.2) is 65.1 Å². The first-order valence-corrected chi connectivity index (χ1v) is 11.6. The minimum absolute atomic E-state index is 0.131. The van der Waals surface area contributed by atoms with Gasteiger partial charge in [0.25, 0.3) is 0 Å². The standard InChI is InChI=1S/C21H20N2O3S2/c24-20(23-21-11-18(13-27-21)17-2-1-9-22-12-17)10-15-5-7-19(8-6-15)28(25,26)14-16-3-4-16/h1-2,5-9,11-13,16H,3-4,10,14H2,(H,23,24). The van der Waals surface area contributed by atoms with Crippen molar-refractivity contribution in [2.24, 2.45) is 5.92 Å². The van der Waals surface area contributed by atoms with Crippen LogP contribution in [-0.4, -0.2) is 25.1 Å². The van der Waals surface area contributed by atoms with Crippen molar-refractivity contribution in [2.75, 3.05) is 11.1 Å². The molecular formula is C21H20N2O3S2. The van der Waals surface area contributed by atoms with Crippen molar-refractivity contribution in [3.8, 4) is 11.1 Å². The molecule has 4 rings (SSSR count). The Kier molecular flexibility index (Phi) is 5.28. The summed E-state index contributed by atoms with van der Waals surface area (Å²) in [5.74, 6) is 0.413. The molecule has 0 aliphatic heterocycles. The molecule has 2 aromatic heterocycles. The summed E-state index contributed by atoms with van der Waals surface area (Å²) in [7, 11) is -3.22. The molecule has 1 amide bonds. The molecule has 1 aliphatic carbocycles. The summed E-state index contributed by atoms with van der Waals surface area (Å²) in [4.78, 5) is 16.8. The molecule has 2 heterocycles. The second kappa shape index (κ2) is 7.85. The van der Waals surface area contributed by atoms with Gasteiger partial charge in [-0.1, -0.05) is 18.2 Å². The average molecular weight is 413 g/mol. The molecule has 5 nitrogen and oxygen atoms in total. The van der Waals surface area contributed by atoms with Crippen LogP contribution in [0, 0.1) is 5.92 Å². The topological polar surface area (TPSA) is 76.1 Å². The fourth-order valence-corrected chi connectivity index (χ4v) is 5.48. The van der Waals surface area contributed by atoms with Gasteiger partial charge in [-0.2, -0.15) is 0 Å². The Bertz CT molecular complexity index is 1070. The summed E-state index contributed by atoms with van der Waals surface area (Å²) < 4.78 is 24.6. The van der Waals surface area contributed by atoms with Crippen molar-refractivity contribution >= 4 is 32.1 Å². The highest BCUT2D eigenvalue weighted by Gasteiger charge is 2.28. The fourth-order valence-electron chi connectivity index (χ4n) is 2.96. The Balaban J connectivity index is 1.37. The van der Waals surface area contributed by atoms with Crippen molar-refractivity contribution in [3.63, 3.8) is 0 Å². The van der Waals surface area contributed by atoms with Crippen LogP contribution in [0.5, 0.6) is 0 Å². The second-order valence-corrected chi connectivity index (χ2v) is 9.98. The highest BCUT2D eigenvalue weighted by Crippen LogP contribution is 2.32. The van der Waals surface area contributed by atoms with Crippen LogP contribution in [-0.2, 0) is 21.1 Å². The van der Waals surface area contributed by atoms with E-state index in [-0.39, 0.29) is 18.1 Å². The number of carbonyl (C=O) groups is 1. The zero-order valence-electron chi connectivity index (χ0n) is 15.2. The summed E-state index contributed by atoms with van der Waals surface area (Å²) in [6.45, 7) is 0. The van der Waals surface area contributed by atoms with Gasteiger partial charge in [0.15, 0.2) is 9.84 Å². The Morgan fingerprint density at radius 1 is 1.14 bits per heavy atom. The summed E-state index contributed by atoms with van der Waals surface area (Å²) in [6, 6.07) is 12.4. The highest BCUT2D eigenvalue weighted by molar-refractivity contribution is 7.91. The minimum atomic E-state index is -3.22. The number of amides is 1. The van der Waals surface area contributed by atoms with Gasteiger partial charge in [-0.05, 0) is 54.2 Å². The molecule has 0 unspecified atom stereocenters.